The quantitative estimate of drug-likeness (QED) is 0.791. The monoisotopic (exact) mass is 309 g/mol. The van der Waals surface area contributed by atoms with E-state index in [2.05, 4.69) is 20.7 Å². The summed E-state index contributed by atoms with van der Waals surface area (Å²) in [5.41, 5.74) is 1.32. The molecule has 1 aliphatic rings. The van der Waals surface area contributed by atoms with Crippen molar-refractivity contribution >= 4 is 35.1 Å². The Bertz CT molecular complexity index is 487. The summed E-state index contributed by atoms with van der Waals surface area (Å²) in [5.74, 6) is 2.06. The summed E-state index contributed by atoms with van der Waals surface area (Å²) in [7, 11) is 1.31. The van der Waals surface area contributed by atoms with Crippen molar-refractivity contribution in [3.05, 3.63) is 24.3 Å². The van der Waals surface area contributed by atoms with E-state index in [1.807, 2.05) is 11.8 Å². The van der Waals surface area contributed by atoms with Gasteiger partial charge in [0.1, 0.15) is 0 Å². The Balaban J connectivity index is 1.81. The fourth-order valence-corrected chi connectivity index (χ4v) is 2.94. The first-order chi connectivity index (χ1) is 10.2. The van der Waals surface area contributed by atoms with Gasteiger partial charge >= 0.3 is 6.09 Å². The Morgan fingerprint density at radius 3 is 2.52 bits per heavy atom. The molecule has 6 nitrogen and oxygen atoms in total. The van der Waals surface area contributed by atoms with Gasteiger partial charge < -0.3 is 15.4 Å². The van der Waals surface area contributed by atoms with Crippen LogP contribution in [0.1, 0.15) is 6.42 Å². The van der Waals surface area contributed by atoms with Crippen LogP contribution in [-0.4, -0.2) is 43.2 Å². The van der Waals surface area contributed by atoms with Gasteiger partial charge in [-0.3, -0.25) is 10.1 Å². The Hall–Kier alpha value is -1.73. The average Bonchev–Trinajstić information content (AvgIpc) is 2.50. The van der Waals surface area contributed by atoms with Gasteiger partial charge in [-0.05, 0) is 24.3 Å². The average molecular weight is 309 g/mol. The highest BCUT2D eigenvalue weighted by atomic mass is 32.2. The number of carbonyl (C=O) groups is 2. The molecule has 1 heterocycles. The zero-order chi connectivity index (χ0) is 15.1. The van der Waals surface area contributed by atoms with Crippen molar-refractivity contribution in [3.63, 3.8) is 0 Å². The number of carbonyl (C=O) groups excluding carboxylic acids is 2. The Morgan fingerprint density at radius 2 is 1.95 bits per heavy atom. The predicted octanol–water partition coefficient (Wildman–Crippen LogP) is 1.90. The largest absolute Gasteiger partial charge is 0.453 e. The summed E-state index contributed by atoms with van der Waals surface area (Å²) < 4.78 is 4.50. The molecular formula is C14H19N3O3S. The van der Waals surface area contributed by atoms with Gasteiger partial charge in [0.05, 0.1) is 7.11 Å². The lowest BCUT2D eigenvalue weighted by Gasteiger charge is -2.22. The van der Waals surface area contributed by atoms with Crippen molar-refractivity contribution in [2.45, 2.75) is 12.5 Å². The van der Waals surface area contributed by atoms with Crippen LogP contribution in [0.2, 0.25) is 0 Å². The minimum Gasteiger partial charge on any atom is -0.453 e. The highest BCUT2D eigenvalue weighted by Gasteiger charge is 2.16. The number of methoxy groups -OCH3 is 1. The zero-order valence-electron chi connectivity index (χ0n) is 11.8. The topological polar surface area (TPSA) is 79.5 Å². The van der Waals surface area contributed by atoms with E-state index in [0.29, 0.717) is 17.8 Å². The maximum atomic E-state index is 11.9. The highest BCUT2D eigenvalue weighted by Crippen LogP contribution is 2.15. The smallest absolute Gasteiger partial charge is 0.411 e. The number of hydrogen-bond donors (Lipinski definition) is 3. The molecule has 0 radical (unpaired) electrons. The van der Waals surface area contributed by atoms with Gasteiger partial charge in [0.25, 0.3) is 0 Å². The molecule has 0 saturated carbocycles. The molecule has 1 unspecified atom stereocenters. The summed E-state index contributed by atoms with van der Waals surface area (Å²) >= 11 is 1.87. The SMILES string of the molecule is COC(=O)Nc1ccc(NC(=O)CC2CSCCN2)cc1. The first kappa shape index (κ1) is 15.7. The molecule has 7 heteroatoms. The molecule has 1 aromatic rings. The number of hydrogen-bond acceptors (Lipinski definition) is 5. The van der Waals surface area contributed by atoms with Crippen LogP contribution in [0.25, 0.3) is 0 Å². The molecule has 2 rings (SSSR count). The summed E-state index contributed by atoms with van der Waals surface area (Å²) in [4.78, 5) is 23.0. The molecule has 1 aliphatic heterocycles. The Morgan fingerprint density at radius 1 is 1.29 bits per heavy atom. The van der Waals surface area contributed by atoms with Crippen molar-refractivity contribution in [2.75, 3.05) is 35.8 Å². The molecule has 114 valence electrons. The van der Waals surface area contributed by atoms with Crippen LogP contribution < -0.4 is 16.0 Å². The highest BCUT2D eigenvalue weighted by molar-refractivity contribution is 7.99. The molecular weight excluding hydrogens is 290 g/mol. The van der Waals surface area contributed by atoms with Crippen LogP contribution in [0.5, 0.6) is 0 Å². The molecule has 0 bridgehead atoms. The van der Waals surface area contributed by atoms with Gasteiger partial charge in [0, 0.05) is 41.9 Å². The lowest BCUT2D eigenvalue weighted by atomic mass is 10.2. The fourth-order valence-electron chi connectivity index (χ4n) is 1.99. The van der Waals surface area contributed by atoms with E-state index in [9.17, 15) is 9.59 Å². The molecule has 2 amide bonds. The number of rotatable bonds is 4. The van der Waals surface area contributed by atoms with E-state index in [0.717, 1.165) is 18.1 Å². The van der Waals surface area contributed by atoms with Gasteiger partial charge in [-0.1, -0.05) is 0 Å². The molecule has 1 aromatic carbocycles. The summed E-state index contributed by atoms with van der Waals surface area (Å²) in [6, 6.07) is 7.14. The van der Waals surface area contributed by atoms with Crippen molar-refractivity contribution in [3.8, 4) is 0 Å². The fraction of sp³-hybridized carbons (Fsp3) is 0.429. The van der Waals surface area contributed by atoms with Gasteiger partial charge in [-0.15, -0.1) is 0 Å². The summed E-state index contributed by atoms with van der Waals surface area (Å²) in [5, 5.41) is 8.73. The lowest BCUT2D eigenvalue weighted by Crippen LogP contribution is -2.39. The number of thioether (sulfide) groups is 1. The van der Waals surface area contributed by atoms with Gasteiger partial charge in [-0.25, -0.2) is 4.79 Å². The number of ether oxygens (including phenoxy) is 1. The Kier molecular flexibility index (Phi) is 5.89. The number of nitrogens with one attached hydrogen (secondary N) is 3. The van der Waals surface area contributed by atoms with Crippen LogP contribution in [0, 0.1) is 0 Å². The van der Waals surface area contributed by atoms with E-state index in [1.165, 1.54) is 7.11 Å². The van der Waals surface area contributed by atoms with Crippen LogP contribution in [0.3, 0.4) is 0 Å². The van der Waals surface area contributed by atoms with Crippen LogP contribution in [0.15, 0.2) is 24.3 Å². The van der Waals surface area contributed by atoms with E-state index >= 15 is 0 Å². The zero-order valence-corrected chi connectivity index (χ0v) is 12.7. The maximum absolute atomic E-state index is 11.9. The van der Waals surface area contributed by atoms with Gasteiger partial charge in [-0.2, -0.15) is 11.8 Å². The second-order valence-electron chi connectivity index (χ2n) is 4.67. The molecule has 1 saturated heterocycles. The molecule has 3 N–H and O–H groups in total. The number of amides is 2. The van der Waals surface area contributed by atoms with E-state index in [-0.39, 0.29) is 11.9 Å². The minimum absolute atomic E-state index is 0.0105. The first-order valence-electron chi connectivity index (χ1n) is 6.73. The summed E-state index contributed by atoms with van der Waals surface area (Å²) in [6.45, 7) is 0.955. The minimum atomic E-state index is -0.521. The number of anilines is 2. The normalized spacial score (nSPS) is 17.9. The van der Waals surface area contributed by atoms with Crippen LogP contribution in [-0.2, 0) is 9.53 Å². The van der Waals surface area contributed by atoms with Crippen molar-refractivity contribution in [1.82, 2.24) is 5.32 Å². The third-order valence-electron chi connectivity index (χ3n) is 3.03. The molecule has 0 spiro atoms. The van der Waals surface area contributed by atoms with Crippen LogP contribution in [0.4, 0.5) is 16.2 Å². The molecule has 1 fully saturated rings. The van der Waals surface area contributed by atoms with Crippen molar-refractivity contribution < 1.29 is 14.3 Å². The Labute approximate surface area is 128 Å². The van der Waals surface area contributed by atoms with Crippen molar-refractivity contribution in [2.24, 2.45) is 0 Å². The number of benzene rings is 1. The van der Waals surface area contributed by atoms with Gasteiger partial charge in [0.15, 0.2) is 0 Å². The molecule has 21 heavy (non-hydrogen) atoms. The standard InChI is InChI=1S/C14H19N3O3S/c1-20-14(19)17-11-4-2-10(3-5-11)16-13(18)8-12-9-21-7-6-15-12/h2-5,12,15H,6-9H2,1H3,(H,16,18)(H,17,19). The van der Waals surface area contributed by atoms with E-state index in [4.69, 9.17) is 0 Å². The van der Waals surface area contributed by atoms with E-state index in [1.54, 1.807) is 24.3 Å². The molecule has 1 atom stereocenters. The van der Waals surface area contributed by atoms with Crippen molar-refractivity contribution in [1.29, 1.82) is 0 Å². The molecule has 0 aromatic heterocycles. The second-order valence-corrected chi connectivity index (χ2v) is 5.82. The maximum Gasteiger partial charge on any atom is 0.411 e. The predicted molar refractivity (Wildman–Crippen MR) is 84.8 cm³/mol. The second kappa shape index (κ2) is 7.90. The molecule has 0 aliphatic carbocycles. The summed E-state index contributed by atoms with van der Waals surface area (Å²) in [6.07, 6.45) is -0.0533. The lowest BCUT2D eigenvalue weighted by molar-refractivity contribution is -0.116. The van der Waals surface area contributed by atoms with Crippen LogP contribution >= 0.6 is 11.8 Å². The third kappa shape index (κ3) is 5.28. The van der Waals surface area contributed by atoms with Gasteiger partial charge in [0.2, 0.25) is 5.91 Å². The van der Waals surface area contributed by atoms with E-state index < -0.39 is 6.09 Å². The first-order valence-corrected chi connectivity index (χ1v) is 7.89. The third-order valence-corrected chi connectivity index (χ3v) is 4.16.